The third kappa shape index (κ3) is 3.42. The maximum atomic E-state index is 12.8. The van der Waals surface area contributed by atoms with Gasteiger partial charge in [0.15, 0.2) is 11.5 Å². The molecule has 0 saturated heterocycles. The van der Waals surface area contributed by atoms with E-state index in [9.17, 15) is 9.59 Å². The molecule has 0 spiro atoms. The number of hydrogen-bond acceptors (Lipinski definition) is 5. The third-order valence-electron chi connectivity index (χ3n) is 4.40. The summed E-state index contributed by atoms with van der Waals surface area (Å²) in [6, 6.07) is 15.9. The molecule has 142 valence electrons. The van der Waals surface area contributed by atoms with Crippen molar-refractivity contribution in [1.82, 2.24) is 9.88 Å². The molecule has 3 aromatic rings. The largest absolute Gasteiger partial charge is 0.496 e. The summed E-state index contributed by atoms with van der Waals surface area (Å²) in [4.78, 5) is 25.2. The summed E-state index contributed by atoms with van der Waals surface area (Å²) in [6.45, 7) is 0.493. The lowest BCUT2D eigenvalue weighted by Gasteiger charge is -2.13. The molecule has 2 heterocycles. The van der Waals surface area contributed by atoms with Gasteiger partial charge >= 0.3 is 0 Å². The zero-order chi connectivity index (χ0) is 19.5. The fourth-order valence-corrected chi connectivity index (χ4v) is 2.97. The topological polar surface area (TPSA) is 78.8 Å². The number of carbonyl (C=O) groups is 1. The van der Waals surface area contributed by atoms with E-state index < -0.39 is 0 Å². The van der Waals surface area contributed by atoms with Gasteiger partial charge in [-0.1, -0.05) is 24.3 Å². The van der Waals surface area contributed by atoms with Gasteiger partial charge in [-0.15, -0.1) is 0 Å². The van der Waals surface area contributed by atoms with Crippen molar-refractivity contribution in [3.63, 3.8) is 0 Å². The number of rotatable bonds is 5. The van der Waals surface area contributed by atoms with Gasteiger partial charge in [-0.25, -0.2) is 0 Å². The van der Waals surface area contributed by atoms with E-state index in [1.807, 2.05) is 30.3 Å². The highest BCUT2D eigenvalue weighted by Gasteiger charge is 2.17. The van der Waals surface area contributed by atoms with Crippen molar-refractivity contribution in [1.29, 1.82) is 0 Å². The zero-order valence-electron chi connectivity index (χ0n) is 15.2. The quantitative estimate of drug-likeness (QED) is 0.738. The second-order valence-corrected chi connectivity index (χ2v) is 6.17. The molecule has 1 N–H and O–H groups in total. The Morgan fingerprint density at radius 1 is 1.11 bits per heavy atom. The molecule has 28 heavy (non-hydrogen) atoms. The number of nitrogens with zero attached hydrogens (tertiary/aromatic N) is 1. The van der Waals surface area contributed by atoms with Crippen molar-refractivity contribution in [2.75, 3.05) is 13.9 Å². The molecule has 0 radical (unpaired) electrons. The Labute approximate surface area is 161 Å². The van der Waals surface area contributed by atoms with Gasteiger partial charge in [0.05, 0.1) is 12.7 Å². The molecule has 1 aromatic heterocycles. The Morgan fingerprint density at radius 2 is 1.89 bits per heavy atom. The molecule has 0 fully saturated rings. The predicted molar refractivity (Wildman–Crippen MR) is 102 cm³/mol. The summed E-state index contributed by atoms with van der Waals surface area (Å²) in [7, 11) is 1.43. The number of carbonyl (C=O) groups excluding carboxylic acids is 1. The monoisotopic (exact) mass is 378 g/mol. The van der Waals surface area contributed by atoms with Crippen molar-refractivity contribution in [2.45, 2.75) is 6.54 Å². The van der Waals surface area contributed by atoms with Gasteiger partial charge in [-0.2, -0.15) is 0 Å². The van der Waals surface area contributed by atoms with Crippen LogP contribution >= 0.6 is 0 Å². The van der Waals surface area contributed by atoms with Gasteiger partial charge in [0.2, 0.25) is 6.79 Å². The number of amides is 1. The Morgan fingerprint density at radius 3 is 2.68 bits per heavy atom. The molecule has 7 heteroatoms. The first kappa shape index (κ1) is 17.7. The molecule has 0 bridgehead atoms. The SMILES string of the molecule is COc1cc(=O)n(-c2ccccc2)cc1C(=O)NCc1ccc2c(c1)OCO2. The van der Waals surface area contributed by atoms with Gasteiger partial charge in [0, 0.05) is 24.5 Å². The minimum Gasteiger partial charge on any atom is -0.496 e. The Bertz CT molecular complexity index is 1080. The summed E-state index contributed by atoms with van der Waals surface area (Å²) in [5, 5.41) is 2.85. The van der Waals surface area contributed by atoms with Crippen LogP contribution in [0, 0.1) is 0 Å². The van der Waals surface area contributed by atoms with Crippen LogP contribution in [0.25, 0.3) is 5.69 Å². The lowest BCUT2D eigenvalue weighted by Crippen LogP contribution is -2.26. The number of ether oxygens (including phenoxy) is 3. The van der Waals surface area contributed by atoms with Crippen molar-refractivity contribution >= 4 is 5.91 Å². The summed E-state index contributed by atoms with van der Waals surface area (Å²) in [5.41, 5.74) is 1.52. The molecule has 2 aromatic carbocycles. The van der Waals surface area contributed by atoms with Crippen LogP contribution in [0.2, 0.25) is 0 Å². The summed E-state index contributed by atoms with van der Waals surface area (Å²) < 4.78 is 17.3. The molecule has 0 saturated carbocycles. The Kier molecular flexibility index (Phi) is 4.72. The van der Waals surface area contributed by atoms with E-state index in [4.69, 9.17) is 14.2 Å². The van der Waals surface area contributed by atoms with Crippen LogP contribution in [0.1, 0.15) is 15.9 Å². The second kappa shape index (κ2) is 7.48. The minimum atomic E-state index is -0.348. The fourth-order valence-electron chi connectivity index (χ4n) is 2.97. The van der Waals surface area contributed by atoms with Crippen LogP contribution in [0.5, 0.6) is 17.2 Å². The Hall–Kier alpha value is -3.74. The van der Waals surface area contributed by atoms with Crippen LogP contribution in [0.3, 0.4) is 0 Å². The number of hydrogen-bond donors (Lipinski definition) is 1. The van der Waals surface area contributed by atoms with Crippen molar-refractivity contribution < 1.29 is 19.0 Å². The molecule has 1 amide bonds. The van der Waals surface area contributed by atoms with E-state index in [0.29, 0.717) is 23.7 Å². The highest BCUT2D eigenvalue weighted by Crippen LogP contribution is 2.32. The molecule has 0 aliphatic carbocycles. The zero-order valence-corrected chi connectivity index (χ0v) is 15.2. The molecule has 1 aliphatic heterocycles. The van der Waals surface area contributed by atoms with Crippen molar-refractivity contribution in [3.05, 3.63) is 82.3 Å². The van der Waals surface area contributed by atoms with E-state index in [0.717, 1.165) is 5.56 Å². The highest BCUT2D eigenvalue weighted by molar-refractivity contribution is 5.96. The normalized spacial score (nSPS) is 11.9. The van der Waals surface area contributed by atoms with Crippen LogP contribution < -0.4 is 25.1 Å². The lowest BCUT2D eigenvalue weighted by molar-refractivity contribution is 0.0947. The van der Waals surface area contributed by atoms with E-state index in [-0.39, 0.29) is 29.6 Å². The summed E-state index contributed by atoms with van der Waals surface area (Å²) >= 11 is 0. The van der Waals surface area contributed by atoms with Gasteiger partial charge < -0.3 is 19.5 Å². The maximum Gasteiger partial charge on any atom is 0.258 e. The second-order valence-electron chi connectivity index (χ2n) is 6.17. The van der Waals surface area contributed by atoms with Gasteiger partial charge in [-0.3, -0.25) is 14.2 Å². The number of para-hydroxylation sites is 1. The first-order valence-corrected chi connectivity index (χ1v) is 8.68. The first-order valence-electron chi connectivity index (χ1n) is 8.68. The standard InChI is InChI=1S/C21H18N2O5/c1-26-18-10-20(24)23(15-5-3-2-4-6-15)12-16(18)21(25)22-11-14-7-8-17-19(9-14)28-13-27-17/h2-10,12H,11,13H2,1H3,(H,22,25). The molecule has 1 aliphatic rings. The van der Waals surface area contributed by atoms with Gasteiger partial charge in [0.1, 0.15) is 5.75 Å². The predicted octanol–water partition coefficient (Wildman–Crippen LogP) is 2.50. The highest BCUT2D eigenvalue weighted by atomic mass is 16.7. The molecule has 0 atom stereocenters. The minimum absolute atomic E-state index is 0.198. The number of methoxy groups -OCH3 is 1. The average molecular weight is 378 g/mol. The van der Waals surface area contributed by atoms with Crippen molar-refractivity contribution in [2.24, 2.45) is 0 Å². The summed E-state index contributed by atoms with van der Waals surface area (Å²) in [6.07, 6.45) is 1.49. The van der Waals surface area contributed by atoms with E-state index in [2.05, 4.69) is 5.32 Å². The van der Waals surface area contributed by atoms with Crippen LogP contribution in [0.4, 0.5) is 0 Å². The van der Waals surface area contributed by atoms with Gasteiger partial charge in [-0.05, 0) is 29.8 Å². The average Bonchev–Trinajstić information content (AvgIpc) is 3.20. The number of benzene rings is 2. The number of fused-ring (bicyclic) bond motifs is 1. The van der Waals surface area contributed by atoms with Crippen LogP contribution in [0.15, 0.2) is 65.6 Å². The van der Waals surface area contributed by atoms with Crippen LogP contribution in [-0.4, -0.2) is 24.4 Å². The lowest BCUT2D eigenvalue weighted by atomic mass is 10.2. The van der Waals surface area contributed by atoms with Crippen LogP contribution in [-0.2, 0) is 6.54 Å². The maximum absolute atomic E-state index is 12.8. The van der Waals surface area contributed by atoms with Crippen molar-refractivity contribution in [3.8, 4) is 22.9 Å². The van der Waals surface area contributed by atoms with E-state index in [1.54, 1.807) is 18.2 Å². The molecular formula is C21H18N2O5. The molecular weight excluding hydrogens is 360 g/mol. The molecule has 4 rings (SSSR count). The summed E-state index contributed by atoms with van der Waals surface area (Å²) in [5.74, 6) is 1.22. The number of nitrogens with one attached hydrogen (secondary N) is 1. The van der Waals surface area contributed by atoms with E-state index >= 15 is 0 Å². The van der Waals surface area contributed by atoms with Gasteiger partial charge in [0.25, 0.3) is 11.5 Å². The van der Waals surface area contributed by atoms with E-state index in [1.165, 1.54) is 23.9 Å². The molecule has 7 nitrogen and oxygen atoms in total. The Balaban J connectivity index is 1.58. The molecule has 0 unspecified atom stereocenters. The first-order chi connectivity index (χ1) is 13.7. The number of pyridine rings is 1. The third-order valence-corrected chi connectivity index (χ3v) is 4.40. The smallest absolute Gasteiger partial charge is 0.258 e. The fraction of sp³-hybridized carbons (Fsp3) is 0.143. The number of aromatic nitrogens is 1.